The van der Waals surface area contributed by atoms with Crippen LogP contribution in [0.1, 0.15) is 66.7 Å². The number of unbranched alkanes of at least 4 members (excludes halogenated alkanes) is 1. The van der Waals surface area contributed by atoms with E-state index in [0.717, 1.165) is 43.8 Å². The molecule has 22 heavy (non-hydrogen) atoms. The largest absolute Gasteiger partial charge is 0.465 e. The van der Waals surface area contributed by atoms with Gasteiger partial charge in [-0.3, -0.25) is 9.37 Å². The Morgan fingerprint density at radius 1 is 1.23 bits per heavy atom. The summed E-state index contributed by atoms with van der Waals surface area (Å²) < 4.78 is 11.2. The van der Waals surface area contributed by atoms with Crippen LogP contribution in [0.3, 0.4) is 0 Å². The number of hydrogen-bond donors (Lipinski definition) is 0. The summed E-state index contributed by atoms with van der Waals surface area (Å²) in [6.45, 7) is 11.4. The molecule has 1 saturated heterocycles. The molecule has 0 aromatic carbocycles. The SMILES string of the molecule is CCCCC(C)(CC1CCOC1=O)OO[Si](CC)(CC)CC. The molecule has 1 heterocycles. The van der Waals surface area contributed by atoms with Crippen molar-refractivity contribution in [3.63, 3.8) is 0 Å². The third kappa shape index (κ3) is 5.35. The molecule has 0 aliphatic carbocycles. The van der Waals surface area contributed by atoms with E-state index >= 15 is 0 Å². The van der Waals surface area contributed by atoms with Gasteiger partial charge in [-0.25, -0.2) is 4.89 Å². The summed E-state index contributed by atoms with van der Waals surface area (Å²) in [5.41, 5.74) is -0.387. The third-order valence-corrected chi connectivity index (χ3v) is 9.44. The lowest BCUT2D eigenvalue weighted by Crippen LogP contribution is -2.42. The van der Waals surface area contributed by atoms with Gasteiger partial charge in [0.15, 0.2) is 0 Å². The number of carbonyl (C=O) groups excluding carboxylic acids is 1. The van der Waals surface area contributed by atoms with E-state index in [1.807, 2.05) is 0 Å². The van der Waals surface area contributed by atoms with Gasteiger partial charge >= 0.3 is 5.97 Å². The molecule has 1 aliphatic rings. The highest BCUT2D eigenvalue weighted by atomic mass is 28.4. The van der Waals surface area contributed by atoms with Crippen LogP contribution in [0, 0.1) is 5.92 Å². The van der Waals surface area contributed by atoms with Gasteiger partial charge in [0.05, 0.1) is 12.5 Å². The molecule has 0 spiro atoms. The Morgan fingerprint density at radius 2 is 1.86 bits per heavy atom. The standard InChI is InChI=1S/C17H34O4Si/c1-6-10-12-17(5,14-15-11-13-19-16(15)18)20-21-22(7-2,8-3)9-4/h15H,6-14H2,1-5H3. The molecule has 0 radical (unpaired) electrons. The molecule has 5 heteroatoms. The summed E-state index contributed by atoms with van der Waals surface area (Å²) in [7, 11) is -1.78. The zero-order valence-electron chi connectivity index (χ0n) is 15.1. The molecular weight excluding hydrogens is 296 g/mol. The van der Waals surface area contributed by atoms with Crippen molar-refractivity contribution in [2.45, 2.75) is 90.5 Å². The van der Waals surface area contributed by atoms with Gasteiger partial charge in [-0.05, 0) is 44.3 Å². The van der Waals surface area contributed by atoms with Gasteiger partial charge in [0.1, 0.15) is 5.60 Å². The van der Waals surface area contributed by atoms with Crippen molar-refractivity contribution in [1.82, 2.24) is 0 Å². The van der Waals surface area contributed by atoms with E-state index in [4.69, 9.17) is 14.2 Å². The zero-order chi connectivity index (χ0) is 16.6. The lowest BCUT2D eigenvalue weighted by Gasteiger charge is -2.35. The van der Waals surface area contributed by atoms with Crippen LogP contribution in [-0.4, -0.2) is 26.5 Å². The van der Waals surface area contributed by atoms with Crippen molar-refractivity contribution in [3.8, 4) is 0 Å². The predicted molar refractivity (Wildman–Crippen MR) is 91.0 cm³/mol. The van der Waals surface area contributed by atoms with Gasteiger partial charge in [-0.1, -0.05) is 40.5 Å². The van der Waals surface area contributed by atoms with Gasteiger partial charge in [0.25, 0.3) is 0 Å². The summed E-state index contributed by atoms with van der Waals surface area (Å²) in [6, 6.07) is 3.19. The number of hydrogen-bond acceptors (Lipinski definition) is 4. The molecule has 2 atom stereocenters. The van der Waals surface area contributed by atoms with Crippen molar-refractivity contribution in [1.29, 1.82) is 0 Å². The minimum absolute atomic E-state index is 0.0357. The van der Waals surface area contributed by atoms with E-state index < -0.39 is 8.32 Å². The molecule has 4 nitrogen and oxygen atoms in total. The molecule has 1 fully saturated rings. The monoisotopic (exact) mass is 330 g/mol. The second-order valence-electron chi connectivity index (χ2n) is 6.82. The van der Waals surface area contributed by atoms with Crippen LogP contribution >= 0.6 is 0 Å². The molecule has 0 aromatic heterocycles. The molecular formula is C17H34O4Si. The first kappa shape index (κ1) is 19.7. The Kier molecular flexibility index (Phi) is 8.07. The first-order chi connectivity index (χ1) is 10.4. The Bertz CT molecular complexity index is 335. The van der Waals surface area contributed by atoms with Gasteiger partial charge in [-0.15, -0.1) is 0 Å². The van der Waals surface area contributed by atoms with Crippen LogP contribution in [-0.2, 0) is 19.0 Å². The fraction of sp³-hybridized carbons (Fsp3) is 0.941. The summed E-state index contributed by atoms with van der Waals surface area (Å²) in [6.07, 6.45) is 4.64. The molecule has 0 aromatic rings. The van der Waals surface area contributed by atoms with E-state index in [9.17, 15) is 4.79 Å². The normalized spacial score (nSPS) is 21.7. The van der Waals surface area contributed by atoms with E-state index in [1.54, 1.807) is 0 Å². The Balaban J connectivity index is 2.71. The van der Waals surface area contributed by atoms with Gasteiger partial charge in [0.2, 0.25) is 8.32 Å². The Morgan fingerprint density at radius 3 is 2.32 bits per heavy atom. The zero-order valence-corrected chi connectivity index (χ0v) is 16.1. The highest BCUT2D eigenvalue weighted by Gasteiger charge is 2.39. The van der Waals surface area contributed by atoms with Crippen LogP contribution in [0.5, 0.6) is 0 Å². The van der Waals surface area contributed by atoms with Crippen molar-refractivity contribution in [3.05, 3.63) is 0 Å². The van der Waals surface area contributed by atoms with Crippen molar-refractivity contribution >= 4 is 14.3 Å². The molecule has 2 unspecified atom stereocenters. The van der Waals surface area contributed by atoms with Crippen LogP contribution in [0.4, 0.5) is 0 Å². The van der Waals surface area contributed by atoms with Crippen molar-refractivity contribution in [2.75, 3.05) is 6.61 Å². The number of rotatable bonds is 11. The topological polar surface area (TPSA) is 44.8 Å². The van der Waals surface area contributed by atoms with Crippen molar-refractivity contribution in [2.24, 2.45) is 5.92 Å². The van der Waals surface area contributed by atoms with Gasteiger partial charge < -0.3 is 4.74 Å². The second-order valence-corrected chi connectivity index (χ2v) is 11.5. The van der Waals surface area contributed by atoms with E-state index in [1.165, 1.54) is 0 Å². The number of cyclic esters (lactones) is 1. The summed E-state index contributed by atoms with van der Waals surface area (Å²) in [5, 5.41) is 0. The second kappa shape index (κ2) is 9.04. The van der Waals surface area contributed by atoms with Gasteiger partial charge in [-0.2, -0.15) is 0 Å². The minimum Gasteiger partial charge on any atom is -0.465 e. The van der Waals surface area contributed by atoms with Crippen LogP contribution < -0.4 is 0 Å². The maximum Gasteiger partial charge on any atom is 0.309 e. The highest BCUT2D eigenvalue weighted by molar-refractivity contribution is 6.73. The van der Waals surface area contributed by atoms with E-state index in [-0.39, 0.29) is 17.5 Å². The summed E-state index contributed by atoms with van der Waals surface area (Å²) in [4.78, 5) is 17.8. The van der Waals surface area contributed by atoms with Gasteiger partial charge in [0, 0.05) is 0 Å². The van der Waals surface area contributed by atoms with Crippen LogP contribution in [0.2, 0.25) is 18.1 Å². The highest BCUT2D eigenvalue weighted by Crippen LogP contribution is 2.34. The molecule has 1 aliphatic heterocycles. The van der Waals surface area contributed by atoms with Crippen LogP contribution in [0.25, 0.3) is 0 Å². The molecule has 0 bridgehead atoms. The quantitative estimate of drug-likeness (QED) is 0.235. The lowest BCUT2D eigenvalue weighted by atomic mass is 9.87. The maximum atomic E-state index is 11.8. The van der Waals surface area contributed by atoms with Crippen molar-refractivity contribution < 1.29 is 19.0 Å². The first-order valence-electron chi connectivity index (χ1n) is 8.97. The average molecular weight is 331 g/mol. The molecule has 1 rings (SSSR count). The van der Waals surface area contributed by atoms with E-state index in [0.29, 0.717) is 13.0 Å². The molecule has 0 saturated carbocycles. The number of ether oxygens (including phenoxy) is 1. The first-order valence-corrected chi connectivity index (χ1v) is 11.5. The molecule has 0 amide bonds. The fourth-order valence-corrected chi connectivity index (χ4v) is 5.32. The number of esters is 1. The molecule has 130 valence electrons. The minimum atomic E-state index is -1.78. The predicted octanol–water partition coefficient (Wildman–Crippen LogP) is 4.84. The Hall–Kier alpha value is -0.393. The molecule has 0 N–H and O–H groups in total. The fourth-order valence-electron chi connectivity index (χ4n) is 3.09. The van der Waals surface area contributed by atoms with E-state index in [2.05, 4.69) is 34.6 Å². The summed E-state index contributed by atoms with van der Waals surface area (Å²) >= 11 is 0. The Labute approximate surface area is 137 Å². The smallest absolute Gasteiger partial charge is 0.309 e. The summed E-state index contributed by atoms with van der Waals surface area (Å²) in [5.74, 6) is -0.109. The maximum absolute atomic E-state index is 11.8. The third-order valence-electron chi connectivity index (χ3n) is 5.13. The average Bonchev–Trinajstić information content (AvgIpc) is 2.92. The number of carbonyl (C=O) groups is 1. The van der Waals surface area contributed by atoms with Crippen LogP contribution in [0.15, 0.2) is 0 Å². The lowest BCUT2D eigenvalue weighted by molar-refractivity contribution is -0.304.